The van der Waals surface area contributed by atoms with Crippen molar-refractivity contribution in [1.29, 1.82) is 0 Å². The van der Waals surface area contributed by atoms with E-state index in [1.807, 2.05) is 0 Å². The van der Waals surface area contributed by atoms with E-state index in [9.17, 15) is 0 Å². The van der Waals surface area contributed by atoms with Crippen LogP contribution in [0.2, 0.25) is 0 Å². The van der Waals surface area contributed by atoms with Gasteiger partial charge in [0.05, 0.1) is 0 Å². The maximum Gasteiger partial charge on any atom is -0.0388 e. The van der Waals surface area contributed by atoms with Gasteiger partial charge in [0, 0.05) is 0 Å². The fourth-order valence-electron chi connectivity index (χ4n) is 2.66. The van der Waals surface area contributed by atoms with Crippen LogP contribution >= 0.6 is 0 Å². The summed E-state index contributed by atoms with van der Waals surface area (Å²) >= 11 is 0. The monoisotopic (exact) mass is 182 g/mol. The third-order valence-corrected chi connectivity index (χ3v) is 3.72. The lowest BCUT2D eigenvalue weighted by molar-refractivity contribution is 0.334. The Hall–Kier alpha value is 0. The zero-order valence-electron chi connectivity index (χ0n) is 9.52. The van der Waals surface area contributed by atoms with Crippen molar-refractivity contribution >= 4 is 0 Å². The maximum absolute atomic E-state index is 2.47. The molecule has 0 aromatic heterocycles. The van der Waals surface area contributed by atoms with Crippen LogP contribution in [-0.2, 0) is 0 Å². The molecule has 78 valence electrons. The van der Waals surface area contributed by atoms with Crippen molar-refractivity contribution in [2.75, 3.05) is 0 Å². The van der Waals surface area contributed by atoms with Gasteiger partial charge in [-0.15, -0.1) is 0 Å². The second kappa shape index (κ2) is 6.45. The van der Waals surface area contributed by atoms with Crippen LogP contribution in [0, 0.1) is 11.8 Å². The fraction of sp³-hybridized carbons (Fsp3) is 1.00. The van der Waals surface area contributed by atoms with Crippen molar-refractivity contribution in [1.82, 2.24) is 0 Å². The third kappa shape index (κ3) is 4.15. The molecule has 0 bridgehead atoms. The van der Waals surface area contributed by atoms with Crippen LogP contribution in [-0.4, -0.2) is 0 Å². The molecule has 1 atom stereocenters. The van der Waals surface area contributed by atoms with Crippen LogP contribution in [0.25, 0.3) is 0 Å². The van der Waals surface area contributed by atoms with E-state index in [-0.39, 0.29) is 0 Å². The van der Waals surface area contributed by atoms with Gasteiger partial charge < -0.3 is 0 Å². The van der Waals surface area contributed by atoms with Gasteiger partial charge in [-0.05, 0) is 11.8 Å². The highest BCUT2D eigenvalue weighted by atomic mass is 14.3. The van der Waals surface area contributed by atoms with Crippen LogP contribution in [0.3, 0.4) is 0 Å². The fourth-order valence-corrected chi connectivity index (χ4v) is 2.66. The second-order valence-corrected chi connectivity index (χ2v) is 4.87. The van der Waals surface area contributed by atoms with Crippen LogP contribution in [0.15, 0.2) is 0 Å². The largest absolute Gasteiger partial charge is 0.0654 e. The summed E-state index contributed by atoms with van der Waals surface area (Å²) in [6.45, 7) is 4.77. The molecule has 0 aliphatic heterocycles. The molecule has 0 heteroatoms. The SMILES string of the molecule is CCCCCCC(C)C1CCCC1. The minimum absolute atomic E-state index is 1.01. The lowest BCUT2D eigenvalue weighted by Crippen LogP contribution is -2.07. The zero-order valence-corrected chi connectivity index (χ0v) is 9.52. The Kier molecular flexibility index (Phi) is 5.50. The minimum atomic E-state index is 1.01. The lowest BCUT2D eigenvalue weighted by Gasteiger charge is -2.18. The Balaban J connectivity index is 1.99. The molecule has 1 aliphatic rings. The molecule has 0 heterocycles. The van der Waals surface area contributed by atoms with Gasteiger partial charge in [-0.25, -0.2) is 0 Å². The van der Waals surface area contributed by atoms with E-state index in [1.165, 1.54) is 57.8 Å². The summed E-state index contributed by atoms with van der Waals surface area (Å²) in [4.78, 5) is 0. The van der Waals surface area contributed by atoms with Crippen LogP contribution in [0.1, 0.15) is 71.6 Å². The molecule has 13 heavy (non-hydrogen) atoms. The summed E-state index contributed by atoms with van der Waals surface area (Å²) in [7, 11) is 0. The second-order valence-electron chi connectivity index (χ2n) is 4.87. The molecule has 0 amide bonds. The minimum Gasteiger partial charge on any atom is -0.0654 e. The predicted molar refractivity (Wildman–Crippen MR) is 59.9 cm³/mol. The van der Waals surface area contributed by atoms with Crippen molar-refractivity contribution in [3.8, 4) is 0 Å². The highest BCUT2D eigenvalue weighted by Crippen LogP contribution is 2.33. The molecular weight excluding hydrogens is 156 g/mol. The molecule has 0 N–H and O–H groups in total. The van der Waals surface area contributed by atoms with E-state index in [0.717, 1.165) is 11.8 Å². The molecule has 1 saturated carbocycles. The normalized spacial score (nSPS) is 20.8. The summed E-state index contributed by atoms with van der Waals surface area (Å²) < 4.78 is 0. The Morgan fingerprint density at radius 1 is 1.08 bits per heavy atom. The van der Waals surface area contributed by atoms with Crippen molar-refractivity contribution in [3.63, 3.8) is 0 Å². The first-order valence-corrected chi connectivity index (χ1v) is 6.34. The summed E-state index contributed by atoms with van der Waals surface area (Å²) in [5.74, 6) is 2.10. The van der Waals surface area contributed by atoms with Crippen LogP contribution in [0.4, 0.5) is 0 Å². The maximum atomic E-state index is 2.47. The van der Waals surface area contributed by atoms with E-state index in [0.29, 0.717) is 0 Å². The van der Waals surface area contributed by atoms with Gasteiger partial charge in [0.2, 0.25) is 0 Å². The third-order valence-electron chi connectivity index (χ3n) is 3.72. The summed E-state index contributed by atoms with van der Waals surface area (Å²) in [6.07, 6.45) is 13.3. The number of hydrogen-bond donors (Lipinski definition) is 0. The highest BCUT2D eigenvalue weighted by molar-refractivity contribution is 4.72. The molecule has 0 spiro atoms. The van der Waals surface area contributed by atoms with E-state index in [2.05, 4.69) is 13.8 Å². The van der Waals surface area contributed by atoms with Crippen LogP contribution in [0.5, 0.6) is 0 Å². The predicted octanol–water partition coefficient (Wildman–Crippen LogP) is 4.78. The number of unbranched alkanes of at least 4 members (excludes halogenated alkanes) is 3. The van der Waals surface area contributed by atoms with Gasteiger partial charge in [-0.2, -0.15) is 0 Å². The molecule has 0 radical (unpaired) electrons. The summed E-state index contributed by atoms with van der Waals surface area (Å²) in [5.41, 5.74) is 0. The molecule has 1 unspecified atom stereocenters. The molecule has 0 aromatic rings. The van der Waals surface area contributed by atoms with E-state index in [1.54, 1.807) is 0 Å². The Labute approximate surface area is 84.1 Å². The van der Waals surface area contributed by atoms with Gasteiger partial charge in [-0.1, -0.05) is 71.6 Å². The van der Waals surface area contributed by atoms with Gasteiger partial charge in [0.1, 0.15) is 0 Å². The number of hydrogen-bond acceptors (Lipinski definition) is 0. The van der Waals surface area contributed by atoms with Gasteiger partial charge in [0.15, 0.2) is 0 Å². The summed E-state index contributed by atoms with van der Waals surface area (Å²) in [5, 5.41) is 0. The van der Waals surface area contributed by atoms with Crippen molar-refractivity contribution < 1.29 is 0 Å². The average Bonchev–Trinajstić information content (AvgIpc) is 2.65. The summed E-state index contributed by atoms with van der Waals surface area (Å²) in [6, 6.07) is 0. The first-order chi connectivity index (χ1) is 6.34. The molecule has 0 saturated heterocycles. The Morgan fingerprint density at radius 2 is 1.77 bits per heavy atom. The molecule has 1 fully saturated rings. The van der Waals surface area contributed by atoms with Crippen LogP contribution < -0.4 is 0 Å². The topological polar surface area (TPSA) is 0 Å². The van der Waals surface area contributed by atoms with E-state index < -0.39 is 0 Å². The quantitative estimate of drug-likeness (QED) is 0.518. The average molecular weight is 182 g/mol. The highest BCUT2D eigenvalue weighted by Gasteiger charge is 2.20. The van der Waals surface area contributed by atoms with E-state index in [4.69, 9.17) is 0 Å². The van der Waals surface area contributed by atoms with Gasteiger partial charge >= 0.3 is 0 Å². The van der Waals surface area contributed by atoms with Gasteiger partial charge in [0.25, 0.3) is 0 Å². The Morgan fingerprint density at radius 3 is 2.38 bits per heavy atom. The number of rotatable bonds is 6. The zero-order chi connectivity index (χ0) is 9.52. The Bertz CT molecular complexity index is 111. The molecule has 0 aromatic carbocycles. The standard InChI is InChI=1S/C13H26/c1-3-4-5-6-9-12(2)13-10-7-8-11-13/h12-13H,3-11H2,1-2H3. The van der Waals surface area contributed by atoms with Crippen molar-refractivity contribution in [2.45, 2.75) is 71.6 Å². The molecule has 0 nitrogen and oxygen atoms in total. The first kappa shape index (κ1) is 11.1. The van der Waals surface area contributed by atoms with Crippen molar-refractivity contribution in [2.24, 2.45) is 11.8 Å². The first-order valence-electron chi connectivity index (χ1n) is 6.34. The van der Waals surface area contributed by atoms with E-state index >= 15 is 0 Å². The van der Waals surface area contributed by atoms with Crippen molar-refractivity contribution in [3.05, 3.63) is 0 Å². The van der Waals surface area contributed by atoms with Gasteiger partial charge in [-0.3, -0.25) is 0 Å². The molecule has 1 aliphatic carbocycles. The molecule has 1 rings (SSSR count). The molecular formula is C13H26. The smallest absolute Gasteiger partial charge is 0.0388 e. The lowest BCUT2D eigenvalue weighted by atomic mass is 9.88.